The second kappa shape index (κ2) is 8.26. The summed E-state index contributed by atoms with van der Waals surface area (Å²) in [4.78, 5) is 15.6. The minimum atomic E-state index is -3.77. The van der Waals surface area contributed by atoms with Gasteiger partial charge in [0.1, 0.15) is 0 Å². The summed E-state index contributed by atoms with van der Waals surface area (Å²) in [5, 5.41) is 0.869. The second-order valence-corrected chi connectivity index (χ2v) is 8.80. The molecule has 148 valence electrons. The molecule has 0 bridgehead atoms. The van der Waals surface area contributed by atoms with Gasteiger partial charge in [-0.1, -0.05) is 29.3 Å². The van der Waals surface area contributed by atoms with Crippen molar-refractivity contribution in [1.29, 1.82) is 0 Å². The Morgan fingerprint density at radius 3 is 2.36 bits per heavy atom. The van der Waals surface area contributed by atoms with E-state index in [1.54, 1.807) is 30.3 Å². The molecule has 7 heteroatoms. The van der Waals surface area contributed by atoms with Crippen molar-refractivity contribution in [3.8, 4) is 0 Å². The van der Waals surface area contributed by atoms with Crippen LogP contribution in [0.3, 0.4) is 0 Å². The number of aromatic amines is 1. The molecule has 0 aliphatic carbocycles. The summed E-state index contributed by atoms with van der Waals surface area (Å²) in [6.45, 7) is 4.22. The van der Waals surface area contributed by atoms with E-state index >= 15 is 0 Å². The second-order valence-electron chi connectivity index (χ2n) is 6.86. The molecule has 1 aromatic heterocycles. The topological polar surface area (TPSA) is 79.5 Å². The molecule has 1 N–H and O–H groups in total. The van der Waals surface area contributed by atoms with Crippen molar-refractivity contribution in [1.82, 2.24) is 9.29 Å². The molecule has 0 fully saturated rings. The SMILES string of the molecule is COCCN(Cc1cc2cc(C)ccc2[nH]c1=O)S(=O)(=O)c1ccc(C)cc1. The summed E-state index contributed by atoms with van der Waals surface area (Å²) in [7, 11) is -2.25. The first kappa shape index (κ1) is 20.3. The molecule has 0 unspecified atom stereocenters. The zero-order chi connectivity index (χ0) is 20.3. The number of nitrogens with one attached hydrogen (secondary N) is 1. The molecule has 0 saturated heterocycles. The maximum atomic E-state index is 13.1. The summed E-state index contributed by atoms with van der Waals surface area (Å²) in [5.74, 6) is 0. The molecule has 1 heterocycles. The van der Waals surface area contributed by atoms with E-state index in [2.05, 4.69) is 4.98 Å². The van der Waals surface area contributed by atoms with Crippen molar-refractivity contribution < 1.29 is 13.2 Å². The van der Waals surface area contributed by atoms with Crippen molar-refractivity contribution in [3.05, 3.63) is 75.6 Å². The van der Waals surface area contributed by atoms with Crippen LogP contribution in [-0.2, 0) is 21.3 Å². The Hall–Kier alpha value is -2.48. The van der Waals surface area contributed by atoms with Crippen LogP contribution in [0, 0.1) is 13.8 Å². The fraction of sp³-hybridized carbons (Fsp3) is 0.286. The van der Waals surface area contributed by atoms with Crippen molar-refractivity contribution in [2.45, 2.75) is 25.3 Å². The zero-order valence-corrected chi connectivity index (χ0v) is 17.0. The highest BCUT2D eigenvalue weighted by molar-refractivity contribution is 7.89. The summed E-state index contributed by atoms with van der Waals surface area (Å²) < 4.78 is 32.7. The summed E-state index contributed by atoms with van der Waals surface area (Å²) >= 11 is 0. The lowest BCUT2D eigenvalue weighted by molar-refractivity contribution is 0.177. The number of sulfonamides is 1. The number of hydrogen-bond donors (Lipinski definition) is 1. The first-order valence-electron chi connectivity index (χ1n) is 8.99. The van der Waals surface area contributed by atoms with Gasteiger partial charge in [0, 0.05) is 31.3 Å². The van der Waals surface area contributed by atoms with Crippen LogP contribution in [0.5, 0.6) is 0 Å². The molecule has 0 atom stereocenters. The minimum Gasteiger partial charge on any atom is -0.383 e. The van der Waals surface area contributed by atoms with E-state index in [0.717, 1.165) is 22.0 Å². The lowest BCUT2D eigenvalue weighted by atomic mass is 10.1. The van der Waals surface area contributed by atoms with Crippen LogP contribution >= 0.6 is 0 Å². The van der Waals surface area contributed by atoms with Crippen LogP contribution in [-0.4, -0.2) is 38.0 Å². The molecular weight excluding hydrogens is 376 g/mol. The number of fused-ring (bicyclic) bond motifs is 1. The minimum absolute atomic E-state index is 0.0290. The van der Waals surface area contributed by atoms with E-state index in [-0.39, 0.29) is 30.2 Å². The molecule has 0 spiro atoms. The number of pyridine rings is 1. The zero-order valence-electron chi connectivity index (χ0n) is 16.2. The summed E-state index contributed by atoms with van der Waals surface area (Å²) in [5.41, 5.74) is 2.87. The quantitative estimate of drug-likeness (QED) is 0.661. The number of nitrogens with zero attached hydrogens (tertiary/aromatic N) is 1. The largest absolute Gasteiger partial charge is 0.383 e. The van der Waals surface area contributed by atoms with Gasteiger partial charge in [0.15, 0.2) is 0 Å². The Bertz CT molecular complexity index is 1140. The molecule has 0 saturated carbocycles. The third-order valence-corrected chi connectivity index (χ3v) is 6.49. The van der Waals surface area contributed by atoms with Gasteiger partial charge >= 0.3 is 0 Å². The fourth-order valence-electron chi connectivity index (χ4n) is 3.02. The molecule has 3 rings (SSSR count). The predicted molar refractivity (Wildman–Crippen MR) is 110 cm³/mol. The number of aryl methyl sites for hydroxylation is 2. The van der Waals surface area contributed by atoms with E-state index in [1.165, 1.54) is 11.4 Å². The molecule has 0 aliphatic rings. The number of ether oxygens (including phenoxy) is 1. The molecule has 3 aromatic rings. The van der Waals surface area contributed by atoms with Gasteiger partial charge in [-0.05, 0) is 49.6 Å². The van der Waals surface area contributed by atoms with Gasteiger partial charge in [0.2, 0.25) is 10.0 Å². The maximum absolute atomic E-state index is 13.1. The highest BCUT2D eigenvalue weighted by Gasteiger charge is 2.25. The van der Waals surface area contributed by atoms with Crippen molar-refractivity contribution in [2.24, 2.45) is 0 Å². The monoisotopic (exact) mass is 400 g/mol. The van der Waals surface area contributed by atoms with Crippen molar-refractivity contribution in [3.63, 3.8) is 0 Å². The number of benzene rings is 2. The van der Waals surface area contributed by atoms with Crippen LogP contribution < -0.4 is 5.56 Å². The molecule has 2 aromatic carbocycles. The highest BCUT2D eigenvalue weighted by atomic mass is 32.2. The van der Waals surface area contributed by atoms with Crippen LogP contribution in [0.2, 0.25) is 0 Å². The van der Waals surface area contributed by atoms with E-state index in [1.807, 2.05) is 32.0 Å². The third kappa shape index (κ3) is 4.32. The van der Waals surface area contributed by atoms with Gasteiger partial charge in [-0.2, -0.15) is 4.31 Å². The lowest BCUT2D eigenvalue weighted by Gasteiger charge is -2.22. The maximum Gasteiger partial charge on any atom is 0.252 e. The molecule has 6 nitrogen and oxygen atoms in total. The Balaban J connectivity index is 2.01. The number of hydrogen-bond acceptors (Lipinski definition) is 4. The van der Waals surface area contributed by atoms with Crippen LogP contribution in [0.1, 0.15) is 16.7 Å². The van der Waals surface area contributed by atoms with Crippen LogP contribution in [0.4, 0.5) is 0 Å². The number of H-pyrrole nitrogens is 1. The van der Waals surface area contributed by atoms with E-state index < -0.39 is 10.0 Å². The van der Waals surface area contributed by atoms with Gasteiger partial charge in [0.25, 0.3) is 5.56 Å². The summed E-state index contributed by atoms with van der Waals surface area (Å²) in [6.07, 6.45) is 0. The third-order valence-electron chi connectivity index (χ3n) is 4.63. The van der Waals surface area contributed by atoms with Gasteiger partial charge in [-0.15, -0.1) is 0 Å². The highest BCUT2D eigenvalue weighted by Crippen LogP contribution is 2.20. The van der Waals surface area contributed by atoms with E-state index in [4.69, 9.17) is 4.74 Å². The molecule has 0 aliphatic heterocycles. The number of rotatable bonds is 7. The first-order chi connectivity index (χ1) is 13.3. The Morgan fingerprint density at radius 1 is 1.00 bits per heavy atom. The van der Waals surface area contributed by atoms with Crippen molar-refractivity contribution in [2.75, 3.05) is 20.3 Å². The molecule has 0 radical (unpaired) electrons. The van der Waals surface area contributed by atoms with Crippen LogP contribution in [0.15, 0.2) is 58.2 Å². The lowest BCUT2D eigenvalue weighted by Crippen LogP contribution is -2.35. The Labute approximate surface area is 164 Å². The van der Waals surface area contributed by atoms with Gasteiger partial charge < -0.3 is 9.72 Å². The van der Waals surface area contributed by atoms with E-state index in [0.29, 0.717) is 5.56 Å². The number of methoxy groups -OCH3 is 1. The van der Waals surface area contributed by atoms with Gasteiger partial charge in [-0.3, -0.25) is 4.79 Å². The Kier molecular flexibility index (Phi) is 5.98. The fourth-order valence-corrected chi connectivity index (χ4v) is 4.42. The average Bonchev–Trinajstić information content (AvgIpc) is 2.66. The smallest absolute Gasteiger partial charge is 0.252 e. The van der Waals surface area contributed by atoms with Crippen molar-refractivity contribution >= 4 is 20.9 Å². The standard InChI is InChI=1S/C21H24N2O4S/c1-15-4-7-19(8-5-15)28(25,26)23(10-11-27-3)14-18-13-17-12-16(2)6-9-20(17)22-21(18)24/h4-9,12-13H,10-11,14H2,1-3H3,(H,22,24). The van der Waals surface area contributed by atoms with E-state index in [9.17, 15) is 13.2 Å². The molecule has 0 amide bonds. The first-order valence-corrected chi connectivity index (χ1v) is 10.4. The molecular formula is C21H24N2O4S. The molecule has 28 heavy (non-hydrogen) atoms. The normalized spacial score (nSPS) is 12.0. The predicted octanol–water partition coefficient (Wildman–Crippen LogP) is 2.98. The number of aromatic nitrogens is 1. The van der Waals surface area contributed by atoms with Gasteiger partial charge in [-0.25, -0.2) is 8.42 Å². The van der Waals surface area contributed by atoms with Crippen LogP contribution in [0.25, 0.3) is 10.9 Å². The summed E-state index contributed by atoms with van der Waals surface area (Å²) in [6, 6.07) is 14.2. The Morgan fingerprint density at radius 2 is 1.68 bits per heavy atom. The van der Waals surface area contributed by atoms with Gasteiger partial charge in [0.05, 0.1) is 11.5 Å². The average molecular weight is 401 g/mol.